The lowest BCUT2D eigenvalue weighted by atomic mass is 9.96. The highest BCUT2D eigenvalue weighted by molar-refractivity contribution is 7.46. The van der Waals surface area contributed by atoms with Gasteiger partial charge in [-0.1, -0.05) is 0 Å². The first-order valence-corrected chi connectivity index (χ1v) is 5.73. The van der Waals surface area contributed by atoms with Crippen LogP contribution in [0.1, 0.15) is 19.3 Å². The number of rotatable bonds is 3. The van der Waals surface area contributed by atoms with E-state index >= 15 is 0 Å². The van der Waals surface area contributed by atoms with Crippen LogP contribution in [0.3, 0.4) is 0 Å². The number of aliphatic hydroxyl groups excluding tert-OH is 1. The number of phosphoric acid groups is 1. The van der Waals surface area contributed by atoms with Crippen LogP contribution in [0.2, 0.25) is 0 Å². The van der Waals surface area contributed by atoms with Crippen molar-refractivity contribution < 1.29 is 33.9 Å². The summed E-state index contributed by atoms with van der Waals surface area (Å²) in [5.41, 5.74) is -0.250. The summed E-state index contributed by atoms with van der Waals surface area (Å²) >= 11 is 0. The summed E-state index contributed by atoms with van der Waals surface area (Å²) < 4.78 is 14.8. The van der Waals surface area contributed by atoms with Gasteiger partial charge < -0.3 is 20.0 Å². The van der Waals surface area contributed by atoms with Crippen molar-refractivity contribution in [1.29, 1.82) is 0 Å². The molecular weight excluding hydrogens is 227 g/mol. The van der Waals surface area contributed by atoms with Crippen molar-refractivity contribution in [3.63, 3.8) is 0 Å². The molecule has 0 aliphatic heterocycles. The van der Waals surface area contributed by atoms with Crippen LogP contribution in [0.4, 0.5) is 0 Å². The highest BCUT2D eigenvalue weighted by Gasteiger charge is 2.31. The molecule has 0 saturated heterocycles. The molecule has 0 aromatic heterocycles. The molecule has 1 atom stereocenters. The number of carboxylic acids is 1. The number of hydrogen-bond donors (Lipinski definition) is 4. The number of carbonyl (C=O) groups is 1. The second-order valence-corrected chi connectivity index (χ2v) is 4.34. The Morgan fingerprint density at radius 2 is 2.07 bits per heavy atom. The summed E-state index contributed by atoms with van der Waals surface area (Å²) in [6, 6.07) is 0. The lowest BCUT2D eigenvalue weighted by molar-refractivity contribution is -0.133. The van der Waals surface area contributed by atoms with E-state index in [9.17, 15) is 14.5 Å². The fourth-order valence-corrected chi connectivity index (χ4v) is 1.94. The lowest BCUT2D eigenvalue weighted by Gasteiger charge is -2.23. The van der Waals surface area contributed by atoms with Crippen LogP contribution >= 0.6 is 7.82 Å². The monoisotopic (exact) mass is 238 g/mol. The van der Waals surface area contributed by atoms with Gasteiger partial charge in [-0.05, 0) is 19.3 Å². The molecule has 0 amide bonds. The molecule has 1 unspecified atom stereocenters. The van der Waals surface area contributed by atoms with E-state index in [1.807, 2.05) is 0 Å². The van der Waals surface area contributed by atoms with Gasteiger partial charge in [0.1, 0.15) is 11.9 Å². The topological polar surface area (TPSA) is 124 Å². The summed E-state index contributed by atoms with van der Waals surface area (Å²) in [6.07, 6.45) is -0.475. The molecule has 86 valence electrons. The van der Waals surface area contributed by atoms with Gasteiger partial charge in [0.25, 0.3) is 0 Å². The maximum Gasteiger partial charge on any atom is 0.470 e. The molecule has 8 heteroatoms. The van der Waals surface area contributed by atoms with Crippen molar-refractivity contribution in [2.45, 2.75) is 25.4 Å². The summed E-state index contributed by atoms with van der Waals surface area (Å²) in [5, 5.41) is 18.1. The maximum atomic E-state index is 10.6. The van der Waals surface area contributed by atoms with Gasteiger partial charge in [-0.15, -0.1) is 0 Å². The van der Waals surface area contributed by atoms with Gasteiger partial charge >= 0.3 is 13.8 Å². The van der Waals surface area contributed by atoms with E-state index in [2.05, 4.69) is 4.52 Å². The summed E-state index contributed by atoms with van der Waals surface area (Å²) in [6.45, 7) is 0. The molecule has 0 aromatic rings. The largest absolute Gasteiger partial charge is 0.509 e. The smallest absolute Gasteiger partial charge is 0.470 e. The number of aliphatic carboxylic acids is 1. The van der Waals surface area contributed by atoms with E-state index in [1.54, 1.807) is 0 Å². The third-order valence-electron chi connectivity index (χ3n) is 2.03. The summed E-state index contributed by atoms with van der Waals surface area (Å²) in [7, 11) is -4.72. The minimum absolute atomic E-state index is 0.169. The predicted molar refractivity (Wildman–Crippen MR) is 48.1 cm³/mol. The van der Waals surface area contributed by atoms with Gasteiger partial charge in [-0.3, -0.25) is 4.52 Å². The molecule has 4 N–H and O–H groups in total. The number of hydrogen-bond acceptors (Lipinski definition) is 4. The minimum atomic E-state index is -4.72. The molecule has 1 aliphatic carbocycles. The molecule has 15 heavy (non-hydrogen) atoms. The van der Waals surface area contributed by atoms with Crippen molar-refractivity contribution >= 4 is 13.8 Å². The van der Waals surface area contributed by atoms with E-state index < -0.39 is 25.7 Å². The minimum Gasteiger partial charge on any atom is -0.509 e. The molecule has 0 saturated carbocycles. The molecule has 7 nitrogen and oxygen atoms in total. The zero-order chi connectivity index (χ0) is 11.6. The molecule has 0 aromatic carbocycles. The van der Waals surface area contributed by atoms with Crippen LogP contribution < -0.4 is 0 Å². The molecule has 0 bridgehead atoms. The molecule has 0 radical (unpaired) electrons. The standard InChI is InChI=1S/C7H11O7P/c8-6-4(7(9)10)2-1-3-5(6)14-15(11,12)13/h5,8H,1-3H2,(H,9,10)(H2,11,12,13). The maximum absolute atomic E-state index is 10.6. The van der Waals surface area contributed by atoms with Crippen molar-refractivity contribution in [1.82, 2.24) is 0 Å². The first-order valence-electron chi connectivity index (χ1n) is 4.20. The van der Waals surface area contributed by atoms with Crippen LogP contribution in [0.25, 0.3) is 0 Å². The van der Waals surface area contributed by atoms with Gasteiger partial charge in [-0.25, -0.2) is 9.36 Å². The Bertz CT molecular complexity index is 341. The van der Waals surface area contributed by atoms with Crippen molar-refractivity contribution in [2.75, 3.05) is 0 Å². The molecule has 1 aliphatic rings. The highest BCUT2D eigenvalue weighted by atomic mass is 31.2. The van der Waals surface area contributed by atoms with E-state index in [0.29, 0.717) is 6.42 Å². The van der Waals surface area contributed by atoms with E-state index in [-0.39, 0.29) is 18.4 Å². The number of carboxylic acid groups (broad SMARTS) is 1. The third-order valence-corrected chi connectivity index (χ3v) is 2.56. The normalized spacial score (nSPS) is 22.9. The molecule has 0 spiro atoms. The van der Waals surface area contributed by atoms with Crippen LogP contribution in [-0.2, 0) is 13.9 Å². The summed E-state index contributed by atoms with van der Waals surface area (Å²) in [4.78, 5) is 27.6. The second-order valence-electron chi connectivity index (χ2n) is 3.15. The van der Waals surface area contributed by atoms with E-state index in [1.165, 1.54) is 0 Å². The number of phosphoric ester groups is 1. The second kappa shape index (κ2) is 4.32. The van der Waals surface area contributed by atoms with Crippen LogP contribution in [0.15, 0.2) is 11.3 Å². The lowest BCUT2D eigenvalue weighted by Crippen LogP contribution is -2.23. The average Bonchev–Trinajstić information content (AvgIpc) is 2.05. The van der Waals surface area contributed by atoms with Crippen LogP contribution in [0, 0.1) is 0 Å². The first kappa shape index (κ1) is 12.2. The first-order chi connectivity index (χ1) is 6.81. The Morgan fingerprint density at radius 3 is 2.53 bits per heavy atom. The van der Waals surface area contributed by atoms with Crippen LogP contribution in [-0.4, -0.2) is 32.1 Å². The highest BCUT2D eigenvalue weighted by Crippen LogP contribution is 2.41. The molecule has 1 rings (SSSR count). The third kappa shape index (κ3) is 3.32. The van der Waals surface area contributed by atoms with Gasteiger partial charge in [0.2, 0.25) is 0 Å². The Kier molecular flexibility index (Phi) is 3.51. The predicted octanol–water partition coefficient (Wildman–Crippen LogP) is 0.545. The van der Waals surface area contributed by atoms with Crippen molar-refractivity contribution in [2.24, 2.45) is 0 Å². The fraction of sp³-hybridized carbons (Fsp3) is 0.571. The van der Waals surface area contributed by atoms with Crippen molar-refractivity contribution in [3.05, 3.63) is 11.3 Å². The zero-order valence-electron chi connectivity index (χ0n) is 7.66. The Labute approximate surface area is 85.2 Å². The SMILES string of the molecule is O=C(O)C1=C(O)C(OP(=O)(O)O)CCC1. The molecule has 0 fully saturated rings. The van der Waals surface area contributed by atoms with Gasteiger partial charge in [0.05, 0.1) is 5.57 Å². The summed E-state index contributed by atoms with van der Waals surface area (Å²) in [5.74, 6) is -1.90. The van der Waals surface area contributed by atoms with Crippen LogP contribution in [0.5, 0.6) is 0 Å². The molecular formula is C7H11O7P. The molecule has 0 heterocycles. The van der Waals surface area contributed by atoms with E-state index in [4.69, 9.17) is 14.9 Å². The van der Waals surface area contributed by atoms with Gasteiger partial charge in [-0.2, -0.15) is 0 Å². The Balaban J connectivity index is 2.88. The average molecular weight is 238 g/mol. The quantitative estimate of drug-likeness (QED) is 0.529. The Hall–Kier alpha value is -0.880. The zero-order valence-corrected chi connectivity index (χ0v) is 8.55. The van der Waals surface area contributed by atoms with Gasteiger partial charge in [0.15, 0.2) is 0 Å². The van der Waals surface area contributed by atoms with Crippen molar-refractivity contribution in [3.8, 4) is 0 Å². The van der Waals surface area contributed by atoms with E-state index in [0.717, 1.165) is 0 Å². The number of aliphatic hydroxyl groups is 1. The van der Waals surface area contributed by atoms with Gasteiger partial charge in [0, 0.05) is 0 Å². The Morgan fingerprint density at radius 1 is 1.47 bits per heavy atom. The fourth-order valence-electron chi connectivity index (χ4n) is 1.41.